The Morgan fingerprint density at radius 1 is 0.846 bits per heavy atom. The average molecular weight is 346 g/mol. The molecule has 1 aromatic heterocycles. The molecule has 0 amide bonds. The summed E-state index contributed by atoms with van der Waals surface area (Å²) in [6.07, 6.45) is 0.491. The van der Waals surface area contributed by atoms with Gasteiger partial charge in [-0.3, -0.25) is 10.1 Å². The van der Waals surface area contributed by atoms with Crippen molar-refractivity contribution in [3.8, 4) is 0 Å². The fraction of sp³-hybridized carbons (Fsp3) is 0.0556. The van der Waals surface area contributed by atoms with Gasteiger partial charge < -0.3 is 0 Å². The minimum absolute atomic E-state index is 0.104. The molecule has 0 fully saturated rings. The molecule has 0 aliphatic heterocycles. The zero-order chi connectivity index (χ0) is 18.2. The van der Waals surface area contributed by atoms with Crippen LogP contribution in [0.4, 0.5) is 17.2 Å². The third-order valence-corrected chi connectivity index (χ3v) is 3.35. The summed E-state index contributed by atoms with van der Waals surface area (Å²) in [6, 6.07) is 21.4. The Morgan fingerprint density at radius 3 is 2.12 bits per heavy atom. The van der Waals surface area contributed by atoms with Crippen LogP contribution in [0.3, 0.4) is 0 Å². The lowest BCUT2D eigenvalue weighted by molar-refractivity contribution is -0.385. The number of nitrogens with zero attached hydrogens (tertiary/aromatic N) is 6. The highest BCUT2D eigenvalue weighted by Gasteiger charge is 2.09. The van der Waals surface area contributed by atoms with Crippen LogP contribution in [0.25, 0.3) is 0 Å². The van der Waals surface area contributed by atoms with Crippen molar-refractivity contribution in [2.75, 3.05) is 0 Å². The molecule has 0 aliphatic rings. The maximum Gasteiger partial charge on any atom is 0.287 e. The van der Waals surface area contributed by atoms with E-state index in [1.165, 1.54) is 12.1 Å². The van der Waals surface area contributed by atoms with E-state index in [2.05, 4.69) is 25.4 Å². The summed E-state index contributed by atoms with van der Waals surface area (Å²) >= 11 is 0. The Hall–Kier alpha value is -3.81. The number of hydrogen-bond donors (Lipinski definition) is 0. The number of benzene rings is 2. The molecule has 0 saturated carbocycles. The molecule has 1 atom stereocenters. The Kier molecular flexibility index (Phi) is 5.46. The lowest BCUT2D eigenvalue weighted by Crippen LogP contribution is -1.90. The van der Waals surface area contributed by atoms with Crippen LogP contribution in [0.15, 0.2) is 99.5 Å². The third kappa shape index (κ3) is 4.60. The minimum Gasteiger partial charge on any atom is -0.258 e. The molecule has 0 spiro atoms. The zero-order valence-electron chi connectivity index (χ0n) is 13.6. The van der Waals surface area contributed by atoms with E-state index in [-0.39, 0.29) is 11.5 Å². The molecule has 8 heteroatoms. The molecule has 1 heterocycles. The van der Waals surface area contributed by atoms with Crippen LogP contribution in [-0.4, -0.2) is 9.91 Å². The molecule has 0 radical (unpaired) electrons. The molecule has 3 aromatic rings. The van der Waals surface area contributed by atoms with Crippen LogP contribution in [0, 0.1) is 10.1 Å². The van der Waals surface area contributed by atoms with Gasteiger partial charge in [0.15, 0.2) is 5.82 Å². The number of azo groups is 2. The third-order valence-electron chi connectivity index (χ3n) is 3.35. The summed E-state index contributed by atoms with van der Waals surface area (Å²) in [5, 5.41) is 27.3. The van der Waals surface area contributed by atoms with E-state index in [9.17, 15) is 10.1 Å². The smallest absolute Gasteiger partial charge is 0.258 e. The second-order valence-corrected chi connectivity index (χ2v) is 5.18. The first kappa shape index (κ1) is 17.0. The first-order valence-electron chi connectivity index (χ1n) is 7.74. The molecule has 0 N–H and O–H groups in total. The quantitative estimate of drug-likeness (QED) is 0.331. The molecule has 2 aromatic carbocycles. The van der Waals surface area contributed by atoms with Crippen molar-refractivity contribution in [3.05, 3.63) is 94.7 Å². The van der Waals surface area contributed by atoms with Crippen molar-refractivity contribution >= 4 is 17.2 Å². The zero-order valence-corrected chi connectivity index (χ0v) is 13.6. The predicted molar refractivity (Wildman–Crippen MR) is 95.5 cm³/mol. The second kappa shape index (κ2) is 8.34. The monoisotopic (exact) mass is 346 g/mol. The molecule has 0 bridgehead atoms. The van der Waals surface area contributed by atoms with Crippen LogP contribution >= 0.6 is 0 Å². The van der Waals surface area contributed by atoms with Gasteiger partial charge in [0.05, 0.1) is 10.6 Å². The van der Waals surface area contributed by atoms with Gasteiger partial charge in [0.25, 0.3) is 5.69 Å². The van der Waals surface area contributed by atoms with E-state index in [4.69, 9.17) is 0 Å². The van der Waals surface area contributed by atoms with Crippen LogP contribution in [0.1, 0.15) is 11.7 Å². The topological polar surface area (TPSA) is 105 Å². The number of rotatable bonds is 6. The summed E-state index contributed by atoms with van der Waals surface area (Å²) in [5.74, 6) is 0.256. The van der Waals surface area contributed by atoms with Crippen molar-refractivity contribution in [1.29, 1.82) is 0 Å². The van der Waals surface area contributed by atoms with Crippen molar-refractivity contribution in [2.24, 2.45) is 20.5 Å². The van der Waals surface area contributed by atoms with Crippen molar-refractivity contribution in [1.82, 2.24) is 4.98 Å². The van der Waals surface area contributed by atoms with Crippen molar-refractivity contribution < 1.29 is 4.92 Å². The molecule has 3 rings (SSSR count). The van der Waals surface area contributed by atoms with Gasteiger partial charge in [0.1, 0.15) is 6.20 Å². The van der Waals surface area contributed by atoms with Crippen molar-refractivity contribution in [2.45, 2.75) is 6.17 Å². The SMILES string of the molecule is O=[N+]([O-])c1ccc(N=NC(N=Nc2ccccc2)c2ccccc2)nc1. The summed E-state index contributed by atoms with van der Waals surface area (Å²) in [4.78, 5) is 14.1. The van der Waals surface area contributed by atoms with Gasteiger partial charge in [-0.1, -0.05) is 48.5 Å². The van der Waals surface area contributed by atoms with E-state index in [1.807, 2.05) is 60.7 Å². The summed E-state index contributed by atoms with van der Waals surface area (Å²) in [7, 11) is 0. The number of pyridine rings is 1. The lowest BCUT2D eigenvalue weighted by atomic mass is 10.2. The van der Waals surface area contributed by atoms with E-state index in [0.29, 0.717) is 5.69 Å². The van der Waals surface area contributed by atoms with Gasteiger partial charge >= 0.3 is 0 Å². The fourth-order valence-electron chi connectivity index (χ4n) is 2.06. The standard InChI is InChI=1S/C18H14N6O2/c25-24(26)16-11-12-17(19-13-16)21-23-18(14-7-3-1-4-8-14)22-20-15-9-5-2-6-10-15/h1-13,18H. The van der Waals surface area contributed by atoms with Crippen molar-refractivity contribution in [3.63, 3.8) is 0 Å². The lowest BCUT2D eigenvalue weighted by Gasteiger charge is -2.05. The molecular weight excluding hydrogens is 332 g/mol. The first-order valence-corrected chi connectivity index (χ1v) is 7.74. The maximum absolute atomic E-state index is 10.7. The predicted octanol–water partition coefficient (Wildman–Crippen LogP) is 5.56. The molecule has 0 saturated heterocycles. The van der Waals surface area contributed by atoms with E-state index >= 15 is 0 Å². The molecule has 26 heavy (non-hydrogen) atoms. The molecule has 0 aliphatic carbocycles. The normalized spacial score (nSPS) is 12.5. The van der Waals surface area contributed by atoms with Gasteiger partial charge in [-0.2, -0.15) is 15.3 Å². The molecule has 1 unspecified atom stereocenters. The van der Waals surface area contributed by atoms with Gasteiger partial charge in [-0.05, 0) is 18.2 Å². The summed E-state index contributed by atoms with van der Waals surface area (Å²) < 4.78 is 0. The number of hydrogen-bond acceptors (Lipinski definition) is 7. The van der Waals surface area contributed by atoms with E-state index < -0.39 is 11.1 Å². The Bertz CT molecular complexity index is 911. The average Bonchev–Trinajstić information content (AvgIpc) is 2.70. The second-order valence-electron chi connectivity index (χ2n) is 5.18. The largest absolute Gasteiger partial charge is 0.287 e. The van der Waals surface area contributed by atoms with Crippen LogP contribution in [-0.2, 0) is 0 Å². The van der Waals surface area contributed by atoms with Crippen LogP contribution < -0.4 is 0 Å². The number of aromatic nitrogens is 1. The molecular formula is C18H14N6O2. The Balaban J connectivity index is 1.83. The summed E-state index contributed by atoms with van der Waals surface area (Å²) in [5.41, 5.74) is 1.42. The highest BCUT2D eigenvalue weighted by Crippen LogP contribution is 2.24. The van der Waals surface area contributed by atoms with Gasteiger partial charge in [-0.15, -0.1) is 5.11 Å². The maximum atomic E-state index is 10.7. The summed E-state index contributed by atoms with van der Waals surface area (Å²) in [6.45, 7) is 0. The number of nitro groups is 1. The van der Waals surface area contributed by atoms with Crippen LogP contribution in [0.2, 0.25) is 0 Å². The first-order chi connectivity index (χ1) is 12.7. The van der Waals surface area contributed by atoms with Gasteiger partial charge in [0.2, 0.25) is 6.17 Å². The minimum atomic E-state index is -0.645. The van der Waals surface area contributed by atoms with E-state index in [1.54, 1.807) is 0 Å². The fourth-order valence-corrected chi connectivity index (χ4v) is 2.06. The Morgan fingerprint density at radius 2 is 1.50 bits per heavy atom. The van der Waals surface area contributed by atoms with E-state index in [0.717, 1.165) is 11.8 Å². The molecule has 8 nitrogen and oxygen atoms in total. The van der Waals surface area contributed by atoms with Gasteiger partial charge in [-0.25, -0.2) is 4.98 Å². The Labute approximate surface area is 149 Å². The van der Waals surface area contributed by atoms with Crippen LogP contribution in [0.5, 0.6) is 0 Å². The van der Waals surface area contributed by atoms with Gasteiger partial charge in [0, 0.05) is 11.6 Å². The highest BCUT2D eigenvalue weighted by atomic mass is 16.6. The molecule has 128 valence electrons. The highest BCUT2D eigenvalue weighted by molar-refractivity contribution is 5.36.